The van der Waals surface area contributed by atoms with Gasteiger partial charge in [0.05, 0.1) is 0 Å². The van der Waals surface area contributed by atoms with Gasteiger partial charge in [-0.25, -0.2) is 4.39 Å². The Morgan fingerprint density at radius 2 is 2.30 bits per heavy atom. The minimum absolute atomic E-state index is 0.00382. The second-order valence-electron chi connectivity index (χ2n) is 4.98. The van der Waals surface area contributed by atoms with Crippen LogP contribution in [0.2, 0.25) is 0 Å². The highest BCUT2D eigenvalue weighted by Crippen LogP contribution is 2.28. The van der Waals surface area contributed by atoms with Crippen LogP contribution in [-0.4, -0.2) is 19.1 Å². The minimum Gasteiger partial charge on any atom is -0.478 e. The lowest BCUT2D eigenvalue weighted by atomic mass is 9.83. The quantitative estimate of drug-likeness (QED) is 0.811. The smallest absolute Gasteiger partial charge is 0.251 e. The first kappa shape index (κ1) is 14.4. The Balaban J connectivity index is 1.85. The van der Waals surface area contributed by atoms with E-state index in [1.54, 1.807) is 0 Å². The first-order valence-electron chi connectivity index (χ1n) is 6.84. The summed E-state index contributed by atoms with van der Waals surface area (Å²) in [5.74, 6) is 2.23. The molecule has 20 heavy (non-hydrogen) atoms. The number of carbonyl (C=O) groups is 1. The van der Waals surface area contributed by atoms with Gasteiger partial charge in [0.25, 0.3) is 5.91 Å². The maximum absolute atomic E-state index is 13.7. The third-order valence-electron chi connectivity index (χ3n) is 3.57. The molecule has 0 aliphatic heterocycles. The number of nitrogens with one attached hydrogen (secondary N) is 1. The lowest BCUT2D eigenvalue weighted by molar-refractivity contribution is 0.0948. The fourth-order valence-electron chi connectivity index (χ4n) is 2.15. The molecule has 4 heteroatoms. The summed E-state index contributed by atoms with van der Waals surface area (Å²) < 4.78 is 18.7. The Morgan fingerprint density at radius 1 is 1.50 bits per heavy atom. The second-order valence-corrected chi connectivity index (χ2v) is 4.98. The lowest BCUT2D eigenvalue weighted by Gasteiger charge is -2.25. The van der Waals surface area contributed by atoms with Crippen LogP contribution in [0, 0.1) is 24.1 Å². The normalized spacial score (nSPS) is 14.2. The van der Waals surface area contributed by atoms with E-state index in [0.29, 0.717) is 12.1 Å². The van der Waals surface area contributed by atoms with E-state index in [2.05, 4.69) is 11.2 Å². The summed E-state index contributed by atoms with van der Waals surface area (Å²) in [5.41, 5.74) is 0.296. The zero-order valence-electron chi connectivity index (χ0n) is 11.3. The summed E-state index contributed by atoms with van der Waals surface area (Å²) in [7, 11) is 0. The van der Waals surface area contributed by atoms with Gasteiger partial charge in [0, 0.05) is 12.1 Å². The molecule has 1 aromatic carbocycles. The molecule has 0 saturated heterocycles. The van der Waals surface area contributed by atoms with Crippen molar-refractivity contribution in [2.75, 3.05) is 13.2 Å². The summed E-state index contributed by atoms with van der Waals surface area (Å²) in [6.07, 6.45) is 9.84. The van der Waals surface area contributed by atoms with Gasteiger partial charge in [-0.1, -0.05) is 25.2 Å². The predicted octanol–water partition coefficient (Wildman–Crippen LogP) is 2.76. The number of terminal acetylenes is 1. The van der Waals surface area contributed by atoms with Crippen molar-refractivity contribution in [3.8, 4) is 18.1 Å². The number of hydrogen-bond donors (Lipinski definition) is 1. The summed E-state index contributed by atoms with van der Waals surface area (Å²) in [5, 5.41) is 2.81. The molecule has 1 aliphatic rings. The molecule has 3 nitrogen and oxygen atoms in total. The van der Waals surface area contributed by atoms with Gasteiger partial charge in [-0.2, -0.15) is 0 Å². The van der Waals surface area contributed by atoms with Gasteiger partial charge >= 0.3 is 0 Å². The fraction of sp³-hybridized carbons (Fsp3) is 0.438. The zero-order valence-corrected chi connectivity index (χ0v) is 11.3. The molecular weight excluding hydrogens is 257 g/mol. The van der Waals surface area contributed by atoms with Crippen LogP contribution in [0.3, 0.4) is 0 Å². The Morgan fingerprint density at radius 3 is 2.90 bits per heavy atom. The molecule has 0 spiro atoms. The highest BCUT2D eigenvalue weighted by Gasteiger charge is 2.17. The largest absolute Gasteiger partial charge is 0.478 e. The van der Waals surface area contributed by atoms with Crippen molar-refractivity contribution >= 4 is 5.91 Å². The van der Waals surface area contributed by atoms with Gasteiger partial charge in [0.1, 0.15) is 6.61 Å². The molecule has 1 aliphatic carbocycles. The monoisotopic (exact) mass is 275 g/mol. The maximum atomic E-state index is 13.7. The zero-order chi connectivity index (χ0) is 14.4. The Labute approximate surface area is 118 Å². The average Bonchev–Trinajstić information content (AvgIpc) is 2.40. The SMILES string of the molecule is C#CCOc1ccc(C(=O)NCCC2CCC2)cc1F. The molecule has 1 saturated carbocycles. The van der Waals surface area contributed by atoms with Gasteiger partial charge in [-0.05, 0) is 30.5 Å². The predicted molar refractivity (Wildman–Crippen MR) is 75.0 cm³/mol. The van der Waals surface area contributed by atoms with Gasteiger partial charge in [0.2, 0.25) is 0 Å². The Hall–Kier alpha value is -2.02. The topological polar surface area (TPSA) is 38.3 Å². The first-order chi connectivity index (χ1) is 9.70. The van der Waals surface area contributed by atoms with Crippen molar-refractivity contribution in [1.29, 1.82) is 0 Å². The van der Waals surface area contributed by atoms with E-state index >= 15 is 0 Å². The molecule has 1 fully saturated rings. The third-order valence-corrected chi connectivity index (χ3v) is 3.57. The highest BCUT2D eigenvalue weighted by molar-refractivity contribution is 5.94. The molecule has 106 valence electrons. The molecule has 0 heterocycles. The van der Waals surface area contributed by atoms with Gasteiger partial charge in [-0.15, -0.1) is 6.42 Å². The van der Waals surface area contributed by atoms with E-state index in [4.69, 9.17) is 11.2 Å². The number of rotatable bonds is 6. The molecule has 1 amide bonds. The van der Waals surface area contributed by atoms with Crippen LogP contribution >= 0.6 is 0 Å². The third kappa shape index (κ3) is 3.74. The van der Waals surface area contributed by atoms with Crippen molar-refractivity contribution in [1.82, 2.24) is 5.32 Å². The molecule has 0 radical (unpaired) electrons. The summed E-state index contributed by atoms with van der Waals surface area (Å²) >= 11 is 0. The summed E-state index contributed by atoms with van der Waals surface area (Å²) in [6, 6.07) is 4.13. The van der Waals surface area contributed by atoms with Crippen molar-refractivity contribution in [2.24, 2.45) is 5.92 Å². The van der Waals surface area contributed by atoms with Crippen molar-refractivity contribution in [2.45, 2.75) is 25.7 Å². The molecule has 1 aromatic rings. The van der Waals surface area contributed by atoms with Gasteiger partial charge in [-0.3, -0.25) is 4.79 Å². The fourth-order valence-corrected chi connectivity index (χ4v) is 2.15. The van der Waals surface area contributed by atoms with Gasteiger partial charge < -0.3 is 10.1 Å². The molecular formula is C16H18FNO2. The van der Waals surface area contributed by atoms with E-state index < -0.39 is 5.82 Å². The van der Waals surface area contributed by atoms with Crippen LogP contribution in [0.4, 0.5) is 4.39 Å². The van der Waals surface area contributed by atoms with Crippen LogP contribution < -0.4 is 10.1 Å². The minimum atomic E-state index is -0.577. The van der Waals surface area contributed by atoms with E-state index in [1.807, 2.05) is 0 Å². The number of amides is 1. The number of benzene rings is 1. The Bertz CT molecular complexity index is 518. The van der Waals surface area contributed by atoms with Crippen molar-refractivity contribution in [3.63, 3.8) is 0 Å². The van der Waals surface area contributed by atoms with Crippen LogP contribution in [0.15, 0.2) is 18.2 Å². The lowest BCUT2D eigenvalue weighted by Crippen LogP contribution is -2.27. The molecule has 0 atom stereocenters. The van der Waals surface area contributed by atoms with E-state index in [-0.39, 0.29) is 18.3 Å². The van der Waals surface area contributed by atoms with E-state index in [1.165, 1.54) is 37.5 Å². The van der Waals surface area contributed by atoms with Crippen LogP contribution in [0.5, 0.6) is 5.75 Å². The summed E-state index contributed by atoms with van der Waals surface area (Å²) in [6.45, 7) is 0.643. The van der Waals surface area contributed by atoms with E-state index in [0.717, 1.165) is 12.3 Å². The van der Waals surface area contributed by atoms with Crippen LogP contribution in [-0.2, 0) is 0 Å². The van der Waals surface area contributed by atoms with Gasteiger partial charge in [0.15, 0.2) is 11.6 Å². The highest BCUT2D eigenvalue weighted by atomic mass is 19.1. The number of halogens is 1. The van der Waals surface area contributed by atoms with Crippen molar-refractivity contribution < 1.29 is 13.9 Å². The number of hydrogen-bond acceptors (Lipinski definition) is 2. The molecule has 0 aromatic heterocycles. The molecule has 0 unspecified atom stereocenters. The number of ether oxygens (including phenoxy) is 1. The summed E-state index contributed by atoms with van der Waals surface area (Å²) in [4.78, 5) is 11.9. The first-order valence-corrected chi connectivity index (χ1v) is 6.84. The molecule has 0 bridgehead atoms. The molecule has 1 N–H and O–H groups in total. The average molecular weight is 275 g/mol. The van der Waals surface area contributed by atoms with Crippen molar-refractivity contribution in [3.05, 3.63) is 29.6 Å². The van der Waals surface area contributed by atoms with E-state index in [9.17, 15) is 9.18 Å². The second kappa shape index (κ2) is 6.95. The maximum Gasteiger partial charge on any atom is 0.251 e. The van der Waals surface area contributed by atoms with Crippen LogP contribution in [0.25, 0.3) is 0 Å². The standard InChI is InChI=1S/C16H18FNO2/c1-2-10-20-15-7-6-13(11-14(15)17)16(19)18-9-8-12-4-3-5-12/h1,6-7,11-12H,3-5,8-10H2,(H,18,19). The molecule has 2 rings (SSSR count). The Kier molecular flexibility index (Phi) is 5.00. The number of carbonyl (C=O) groups excluding carboxylic acids is 1. The van der Waals surface area contributed by atoms with Crippen LogP contribution in [0.1, 0.15) is 36.0 Å².